The molecule has 2 saturated heterocycles. The van der Waals surface area contributed by atoms with Gasteiger partial charge in [0.15, 0.2) is 0 Å². The molecule has 2 fully saturated rings. The molecular formula is C19H25F3N2O5. The summed E-state index contributed by atoms with van der Waals surface area (Å²) in [6.07, 6.45) is -4.03. The van der Waals surface area contributed by atoms with Gasteiger partial charge in [-0.2, -0.15) is 13.2 Å². The van der Waals surface area contributed by atoms with Gasteiger partial charge >= 0.3 is 12.1 Å². The minimum absolute atomic E-state index is 0.00955. The number of aliphatic carboxylic acids is 1. The highest BCUT2D eigenvalue weighted by Crippen LogP contribution is 2.33. The van der Waals surface area contributed by atoms with Crippen LogP contribution in [-0.2, 0) is 20.9 Å². The molecule has 1 aromatic carbocycles. The van der Waals surface area contributed by atoms with E-state index in [1.54, 1.807) is 12.0 Å². The SMILES string of the molecule is COc1cccc(CN2CC3CC(C(=O)N(C)C)C(C2)O3)c1.O=C(O)C(F)(F)F. The Morgan fingerprint density at radius 1 is 1.31 bits per heavy atom. The predicted octanol–water partition coefficient (Wildman–Crippen LogP) is 2.01. The van der Waals surface area contributed by atoms with E-state index < -0.39 is 12.1 Å². The maximum absolute atomic E-state index is 12.2. The highest BCUT2D eigenvalue weighted by atomic mass is 19.4. The Morgan fingerprint density at radius 3 is 2.52 bits per heavy atom. The summed E-state index contributed by atoms with van der Waals surface area (Å²) in [6, 6.07) is 8.15. The van der Waals surface area contributed by atoms with E-state index in [1.165, 1.54) is 5.56 Å². The highest BCUT2D eigenvalue weighted by Gasteiger charge is 2.45. The first-order valence-corrected chi connectivity index (χ1v) is 9.03. The molecule has 7 nitrogen and oxygen atoms in total. The Hall–Kier alpha value is -2.33. The first kappa shape index (κ1) is 23.0. The van der Waals surface area contributed by atoms with Crippen LogP contribution in [0.5, 0.6) is 5.75 Å². The smallest absolute Gasteiger partial charge is 0.490 e. The summed E-state index contributed by atoms with van der Waals surface area (Å²) in [7, 11) is 5.32. The number of carboxylic acids is 1. The summed E-state index contributed by atoms with van der Waals surface area (Å²) < 4.78 is 43.0. The fourth-order valence-electron chi connectivity index (χ4n) is 3.49. The van der Waals surface area contributed by atoms with Crippen molar-refractivity contribution < 1.29 is 37.3 Å². The number of hydrogen-bond acceptors (Lipinski definition) is 5. The van der Waals surface area contributed by atoms with Crippen molar-refractivity contribution in [3.8, 4) is 5.75 Å². The fourth-order valence-corrected chi connectivity index (χ4v) is 3.49. The van der Waals surface area contributed by atoms with E-state index in [0.717, 1.165) is 31.8 Å². The van der Waals surface area contributed by atoms with Gasteiger partial charge in [-0.05, 0) is 24.1 Å². The molecule has 2 aliphatic rings. The fraction of sp³-hybridized carbons (Fsp3) is 0.579. The van der Waals surface area contributed by atoms with Crippen molar-refractivity contribution in [2.75, 3.05) is 34.3 Å². The van der Waals surface area contributed by atoms with Crippen molar-refractivity contribution in [2.24, 2.45) is 5.92 Å². The summed E-state index contributed by atoms with van der Waals surface area (Å²) in [6.45, 7) is 2.58. The molecule has 1 aromatic rings. The zero-order valence-electron chi connectivity index (χ0n) is 16.5. The summed E-state index contributed by atoms with van der Waals surface area (Å²) in [5.74, 6) is -1.67. The lowest BCUT2D eigenvalue weighted by Gasteiger charge is -2.33. The minimum atomic E-state index is -5.08. The number of carbonyl (C=O) groups excluding carboxylic acids is 1. The number of carbonyl (C=O) groups is 2. The van der Waals surface area contributed by atoms with Crippen LogP contribution in [0.15, 0.2) is 24.3 Å². The quantitative estimate of drug-likeness (QED) is 0.806. The average Bonchev–Trinajstić information content (AvgIpc) is 2.95. The molecule has 162 valence electrons. The third-order valence-corrected chi connectivity index (χ3v) is 4.77. The Labute approximate surface area is 167 Å². The lowest BCUT2D eigenvalue weighted by Crippen LogP contribution is -2.44. The minimum Gasteiger partial charge on any atom is -0.497 e. The van der Waals surface area contributed by atoms with E-state index in [-0.39, 0.29) is 24.0 Å². The second-order valence-electron chi connectivity index (χ2n) is 7.22. The zero-order valence-corrected chi connectivity index (χ0v) is 16.5. The van der Waals surface area contributed by atoms with Crippen LogP contribution < -0.4 is 4.74 Å². The normalized spacial score (nSPS) is 23.7. The van der Waals surface area contributed by atoms with Crippen molar-refractivity contribution >= 4 is 11.9 Å². The number of amides is 1. The first-order valence-electron chi connectivity index (χ1n) is 9.03. The number of ether oxygens (including phenoxy) is 2. The molecule has 1 amide bonds. The molecule has 2 heterocycles. The van der Waals surface area contributed by atoms with Gasteiger partial charge in [-0.15, -0.1) is 0 Å². The van der Waals surface area contributed by atoms with Gasteiger partial charge in [0.05, 0.1) is 25.2 Å². The van der Waals surface area contributed by atoms with Crippen LogP contribution in [0.2, 0.25) is 0 Å². The molecule has 0 saturated carbocycles. The molecule has 0 aromatic heterocycles. The van der Waals surface area contributed by atoms with Crippen LogP contribution in [0.3, 0.4) is 0 Å². The number of rotatable bonds is 4. The molecular weight excluding hydrogens is 393 g/mol. The van der Waals surface area contributed by atoms with Crippen LogP contribution in [0.1, 0.15) is 12.0 Å². The zero-order chi connectivity index (χ0) is 21.8. The van der Waals surface area contributed by atoms with Crippen LogP contribution in [-0.4, -0.2) is 79.5 Å². The summed E-state index contributed by atoms with van der Waals surface area (Å²) in [5, 5.41) is 7.12. The average molecular weight is 418 g/mol. The first-order chi connectivity index (χ1) is 13.5. The number of hydrogen-bond donors (Lipinski definition) is 1. The maximum atomic E-state index is 12.2. The molecule has 0 radical (unpaired) electrons. The Balaban J connectivity index is 0.000000370. The van der Waals surface area contributed by atoms with Crippen LogP contribution >= 0.6 is 0 Å². The van der Waals surface area contributed by atoms with E-state index in [4.69, 9.17) is 19.4 Å². The van der Waals surface area contributed by atoms with Gasteiger partial charge in [0, 0.05) is 33.7 Å². The van der Waals surface area contributed by atoms with E-state index >= 15 is 0 Å². The molecule has 0 spiro atoms. The van der Waals surface area contributed by atoms with Gasteiger partial charge in [-0.1, -0.05) is 12.1 Å². The maximum Gasteiger partial charge on any atom is 0.490 e. The molecule has 10 heteroatoms. The number of benzene rings is 1. The monoisotopic (exact) mass is 418 g/mol. The van der Waals surface area contributed by atoms with E-state index in [2.05, 4.69) is 17.0 Å². The van der Waals surface area contributed by atoms with Crippen molar-refractivity contribution in [1.29, 1.82) is 0 Å². The van der Waals surface area contributed by atoms with Gasteiger partial charge in [-0.3, -0.25) is 9.69 Å². The third-order valence-electron chi connectivity index (χ3n) is 4.77. The Kier molecular flexibility index (Phi) is 7.48. The van der Waals surface area contributed by atoms with E-state index in [9.17, 15) is 18.0 Å². The molecule has 0 aliphatic carbocycles. The molecule has 3 unspecified atom stereocenters. The predicted molar refractivity (Wildman–Crippen MR) is 97.4 cm³/mol. The van der Waals surface area contributed by atoms with Crippen molar-refractivity contribution in [3.63, 3.8) is 0 Å². The largest absolute Gasteiger partial charge is 0.497 e. The van der Waals surface area contributed by atoms with Gasteiger partial charge in [-0.25, -0.2) is 4.79 Å². The molecule has 3 atom stereocenters. The van der Waals surface area contributed by atoms with Gasteiger partial charge in [0.1, 0.15) is 5.75 Å². The summed E-state index contributed by atoms with van der Waals surface area (Å²) in [4.78, 5) is 25.2. The molecule has 29 heavy (non-hydrogen) atoms. The Morgan fingerprint density at radius 2 is 1.97 bits per heavy atom. The van der Waals surface area contributed by atoms with E-state index in [1.807, 2.05) is 26.2 Å². The lowest BCUT2D eigenvalue weighted by atomic mass is 9.99. The highest BCUT2D eigenvalue weighted by molar-refractivity contribution is 5.79. The number of methoxy groups -OCH3 is 1. The van der Waals surface area contributed by atoms with E-state index in [0.29, 0.717) is 0 Å². The third kappa shape index (κ3) is 6.33. The van der Waals surface area contributed by atoms with Crippen LogP contribution in [0.4, 0.5) is 13.2 Å². The molecule has 3 rings (SSSR count). The topological polar surface area (TPSA) is 79.3 Å². The number of fused-ring (bicyclic) bond motifs is 2. The number of alkyl halides is 3. The van der Waals surface area contributed by atoms with Crippen LogP contribution in [0.25, 0.3) is 0 Å². The van der Waals surface area contributed by atoms with Crippen molar-refractivity contribution in [2.45, 2.75) is 31.3 Å². The molecule has 1 N–H and O–H groups in total. The van der Waals surface area contributed by atoms with Crippen molar-refractivity contribution in [3.05, 3.63) is 29.8 Å². The van der Waals surface area contributed by atoms with Gasteiger partial charge < -0.3 is 19.5 Å². The van der Waals surface area contributed by atoms with Crippen molar-refractivity contribution in [1.82, 2.24) is 9.80 Å². The van der Waals surface area contributed by atoms with Gasteiger partial charge in [0.2, 0.25) is 5.91 Å². The lowest BCUT2D eigenvalue weighted by molar-refractivity contribution is -0.192. The standard InChI is InChI=1S/C17H24N2O3.C2HF3O2/c1-18(2)17(20)15-8-14-10-19(11-16(15)22-14)9-12-5-4-6-13(7-12)21-3;3-2(4,5)1(6)7/h4-7,14-16H,8-11H2,1-3H3;(H,6,7). The number of morpholine rings is 1. The summed E-state index contributed by atoms with van der Waals surface area (Å²) >= 11 is 0. The number of halogens is 3. The summed E-state index contributed by atoms with van der Waals surface area (Å²) in [5.41, 5.74) is 1.23. The Bertz CT molecular complexity index is 726. The molecule has 2 aliphatic heterocycles. The number of nitrogens with zero attached hydrogens (tertiary/aromatic N) is 2. The van der Waals surface area contributed by atoms with Crippen LogP contribution in [0, 0.1) is 5.92 Å². The number of carboxylic acid groups (broad SMARTS) is 1. The number of likely N-dealkylation sites (tertiary alicyclic amines) is 1. The second kappa shape index (κ2) is 9.45. The van der Waals surface area contributed by atoms with Gasteiger partial charge in [0.25, 0.3) is 0 Å². The second-order valence-corrected chi connectivity index (χ2v) is 7.22. The molecule has 2 bridgehead atoms.